The van der Waals surface area contributed by atoms with Gasteiger partial charge in [-0.25, -0.2) is 4.39 Å². The van der Waals surface area contributed by atoms with Crippen LogP contribution in [0.15, 0.2) is 48.5 Å². The van der Waals surface area contributed by atoms with Crippen LogP contribution in [0.4, 0.5) is 22.7 Å². The second kappa shape index (κ2) is 6.60. The highest BCUT2D eigenvalue weighted by Crippen LogP contribution is 2.30. The van der Waals surface area contributed by atoms with Crippen LogP contribution in [0, 0.1) is 5.82 Å². The summed E-state index contributed by atoms with van der Waals surface area (Å²) in [5.74, 6) is -1.13. The van der Waals surface area contributed by atoms with Crippen LogP contribution >= 0.6 is 11.3 Å². The molecule has 0 atom stereocenters. The van der Waals surface area contributed by atoms with Crippen molar-refractivity contribution in [3.8, 4) is 10.6 Å². The lowest BCUT2D eigenvalue weighted by molar-refractivity contribution is -0.137. The standard InChI is InChI=1S/C16H9F4N3OS/c17-12-6-4-9(5-7-12)14-22-23-15(25-14)21-13(24)10-2-1-3-11(8-10)16(18,19)20/h1-8H,(H,21,23,24). The van der Waals surface area contributed by atoms with E-state index in [-0.39, 0.29) is 10.7 Å². The minimum atomic E-state index is -4.53. The number of hydrogen-bond donors (Lipinski definition) is 1. The van der Waals surface area contributed by atoms with Crippen molar-refractivity contribution in [3.05, 3.63) is 65.5 Å². The van der Waals surface area contributed by atoms with E-state index in [0.29, 0.717) is 10.6 Å². The third-order valence-corrected chi connectivity index (χ3v) is 4.08. The number of aromatic nitrogens is 2. The van der Waals surface area contributed by atoms with E-state index in [9.17, 15) is 22.4 Å². The van der Waals surface area contributed by atoms with Crippen LogP contribution in [0.3, 0.4) is 0 Å². The Morgan fingerprint density at radius 2 is 1.76 bits per heavy atom. The molecule has 25 heavy (non-hydrogen) atoms. The van der Waals surface area contributed by atoms with Gasteiger partial charge in [0.2, 0.25) is 5.13 Å². The van der Waals surface area contributed by atoms with E-state index < -0.39 is 23.5 Å². The third kappa shape index (κ3) is 4.00. The van der Waals surface area contributed by atoms with Crippen LogP contribution in [-0.4, -0.2) is 16.1 Å². The van der Waals surface area contributed by atoms with Gasteiger partial charge in [0.1, 0.15) is 10.8 Å². The summed E-state index contributed by atoms with van der Waals surface area (Å²) in [6.45, 7) is 0. The van der Waals surface area contributed by atoms with Crippen LogP contribution in [0.25, 0.3) is 10.6 Å². The maximum Gasteiger partial charge on any atom is 0.416 e. The lowest BCUT2D eigenvalue weighted by Crippen LogP contribution is -2.13. The molecule has 0 bridgehead atoms. The van der Waals surface area contributed by atoms with E-state index >= 15 is 0 Å². The SMILES string of the molecule is O=C(Nc1nnc(-c2ccc(F)cc2)s1)c1cccc(C(F)(F)F)c1. The Balaban J connectivity index is 1.77. The number of nitrogens with zero attached hydrogens (tertiary/aromatic N) is 2. The molecule has 1 amide bonds. The van der Waals surface area contributed by atoms with Crippen molar-refractivity contribution in [1.29, 1.82) is 0 Å². The Kier molecular flexibility index (Phi) is 4.49. The predicted molar refractivity (Wildman–Crippen MR) is 84.7 cm³/mol. The highest BCUT2D eigenvalue weighted by Gasteiger charge is 2.31. The Morgan fingerprint density at radius 3 is 2.44 bits per heavy atom. The molecule has 3 rings (SSSR count). The quantitative estimate of drug-likeness (QED) is 0.688. The minimum Gasteiger partial charge on any atom is -0.296 e. The summed E-state index contributed by atoms with van der Waals surface area (Å²) < 4.78 is 51.0. The lowest BCUT2D eigenvalue weighted by Gasteiger charge is -2.08. The van der Waals surface area contributed by atoms with Gasteiger partial charge in [0.05, 0.1) is 5.56 Å². The van der Waals surface area contributed by atoms with Gasteiger partial charge in [-0.2, -0.15) is 13.2 Å². The van der Waals surface area contributed by atoms with E-state index in [1.807, 2.05) is 0 Å². The van der Waals surface area contributed by atoms with E-state index in [1.54, 1.807) is 0 Å². The fourth-order valence-electron chi connectivity index (χ4n) is 1.99. The molecule has 1 heterocycles. The first-order valence-electron chi connectivity index (χ1n) is 6.91. The molecule has 1 N–H and O–H groups in total. The number of carbonyl (C=O) groups is 1. The summed E-state index contributed by atoms with van der Waals surface area (Å²) in [4.78, 5) is 12.1. The molecule has 128 valence electrons. The highest BCUT2D eigenvalue weighted by molar-refractivity contribution is 7.18. The Bertz CT molecular complexity index is 906. The fourth-order valence-corrected chi connectivity index (χ4v) is 2.73. The number of carbonyl (C=O) groups excluding carboxylic acids is 1. The van der Waals surface area contributed by atoms with Crippen molar-refractivity contribution < 1.29 is 22.4 Å². The zero-order valence-electron chi connectivity index (χ0n) is 12.3. The van der Waals surface area contributed by atoms with Gasteiger partial charge < -0.3 is 0 Å². The number of alkyl halides is 3. The van der Waals surface area contributed by atoms with Gasteiger partial charge in [0.15, 0.2) is 0 Å². The third-order valence-electron chi connectivity index (χ3n) is 3.19. The molecule has 0 aliphatic carbocycles. The van der Waals surface area contributed by atoms with Crippen LogP contribution in [-0.2, 0) is 6.18 Å². The van der Waals surface area contributed by atoms with Gasteiger partial charge in [-0.15, -0.1) is 10.2 Å². The molecule has 1 aromatic heterocycles. The summed E-state index contributed by atoms with van der Waals surface area (Å²) in [6, 6.07) is 9.61. The minimum absolute atomic E-state index is 0.127. The first-order chi connectivity index (χ1) is 11.8. The highest BCUT2D eigenvalue weighted by atomic mass is 32.1. The predicted octanol–water partition coefficient (Wildman–Crippen LogP) is 4.62. The molecule has 0 fully saturated rings. The first-order valence-corrected chi connectivity index (χ1v) is 7.72. The number of amides is 1. The summed E-state index contributed by atoms with van der Waals surface area (Å²) in [7, 11) is 0. The van der Waals surface area contributed by atoms with Crippen molar-refractivity contribution in [3.63, 3.8) is 0 Å². The van der Waals surface area contributed by atoms with E-state index in [1.165, 1.54) is 30.3 Å². The topological polar surface area (TPSA) is 54.9 Å². The molecular weight excluding hydrogens is 358 g/mol. The van der Waals surface area contributed by atoms with Gasteiger partial charge in [-0.3, -0.25) is 10.1 Å². The molecule has 0 unspecified atom stereocenters. The average Bonchev–Trinajstić information content (AvgIpc) is 3.03. The van der Waals surface area contributed by atoms with Crippen LogP contribution in [0.1, 0.15) is 15.9 Å². The lowest BCUT2D eigenvalue weighted by atomic mass is 10.1. The van der Waals surface area contributed by atoms with Crippen LogP contribution in [0.5, 0.6) is 0 Å². The zero-order valence-corrected chi connectivity index (χ0v) is 13.2. The second-order valence-electron chi connectivity index (χ2n) is 4.95. The largest absolute Gasteiger partial charge is 0.416 e. The van der Waals surface area contributed by atoms with E-state index in [4.69, 9.17) is 0 Å². The van der Waals surface area contributed by atoms with Crippen molar-refractivity contribution in [2.24, 2.45) is 0 Å². The number of rotatable bonds is 3. The molecule has 0 radical (unpaired) electrons. The Labute approximate surface area is 143 Å². The van der Waals surface area contributed by atoms with Crippen molar-refractivity contribution in [1.82, 2.24) is 10.2 Å². The molecule has 0 aliphatic heterocycles. The van der Waals surface area contributed by atoms with E-state index in [0.717, 1.165) is 29.5 Å². The molecule has 0 aliphatic rings. The number of hydrogen-bond acceptors (Lipinski definition) is 4. The molecule has 9 heteroatoms. The normalized spacial score (nSPS) is 11.4. The molecule has 3 aromatic rings. The average molecular weight is 367 g/mol. The second-order valence-corrected chi connectivity index (χ2v) is 5.93. The van der Waals surface area contributed by atoms with E-state index in [2.05, 4.69) is 15.5 Å². The molecule has 0 saturated carbocycles. The van der Waals surface area contributed by atoms with Crippen LogP contribution < -0.4 is 5.32 Å². The maximum absolute atomic E-state index is 12.9. The zero-order chi connectivity index (χ0) is 18.0. The number of halogens is 4. The maximum atomic E-state index is 12.9. The van der Waals surface area contributed by atoms with Crippen molar-refractivity contribution >= 4 is 22.4 Å². The summed E-state index contributed by atoms with van der Waals surface area (Å²) in [5, 5.41) is 10.6. The van der Waals surface area contributed by atoms with Crippen molar-refractivity contribution in [2.75, 3.05) is 5.32 Å². The monoisotopic (exact) mass is 367 g/mol. The summed E-state index contributed by atoms with van der Waals surface area (Å²) in [5.41, 5.74) is -0.448. The van der Waals surface area contributed by atoms with Crippen molar-refractivity contribution in [2.45, 2.75) is 6.18 Å². The van der Waals surface area contributed by atoms with Gasteiger partial charge in [-0.05, 0) is 42.5 Å². The number of nitrogens with one attached hydrogen (secondary N) is 1. The Morgan fingerprint density at radius 1 is 1.04 bits per heavy atom. The van der Waals surface area contributed by atoms with Gasteiger partial charge in [0, 0.05) is 11.1 Å². The van der Waals surface area contributed by atoms with Gasteiger partial charge >= 0.3 is 6.18 Å². The molecule has 4 nitrogen and oxygen atoms in total. The molecule has 0 saturated heterocycles. The molecule has 0 spiro atoms. The first kappa shape index (κ1) is 17.0. The summed E-state index contributed by atoms with van der Waals surface area (Å²) >= 11 is 1.03. The Hall–Kier alpha value is -2.81. The van der Waals surface area contributed by atoms with Crippen LogP contribution in [0.2, 0.25) is 0 Å². The molecule has 2 aromatic carbocycles. The number of anilines is 1. The smallest absolute Gasteiger partial charge is 0.296 e. The fraction of sp³-hybridized carbons (Fsp3) is 0.0625. The van der Waals surface area contributed by atoms with Gasteiger partial charge in [-0.1, -0.05) is 17.4 Å². The summed E-state index contributed by atoms with van der Waals surface area (Å²) in [6.07, 6.45) is -4.53. The van der Waals surface area contributed by atoms with Gasteiger partial charge in [0.25, 0.3) is 5.91 Å². The molecular formula is C16H9F4N3OS. The number of benzene rings is 2.